The maximum atomic E-state index is 6.10. The molecule has 0 radical (unpaired) electrons. The molecule has 84 valence electrons. The Hall–Kier alpha value is -0.470. The van der Waals surface area contributed by atoms with Gasteiger partial charge in [-0.25, -0.2) is 0 Å². The molecule has 0 heterocycles. The third-order valence-electron chi connectivity index (χ3n) is 2.58. The molecule has 0 spiro atoms. The fourth-order valence-electron chi connectivity index (χ4n) is 1.60. The zero-order valence-corrected chi connectivity index (χ0v) is 10.5. The zero-order valence-electron chi connectivity index (χ0n) is 9.70. The van der Waals surface area contributed by atoms with Crippen molar-refractivity contribution in [3.05, 3.63) is 35.4 Å². The van der Waals surface area contributed by atoms with E-state index in [9.17, 15) is 0 Å². The van der Waals surface area contributed by atoms with E-state index in [-0.39, 0.29) is 0 Å². The lowest BCUT2D eigenvalue weighted by atomic mass is 10.0. The SMILES string of the molecule is CCSCCC(N)Cc1ccccc1C. The van der Waals surface area contributed by atoms with Crippen LogP contribution in [0.5, 0.6) is 0 Å². The van der Waals surface area contributed by atoms with Gasteiger partial charge >= 0.3 is 0 Å². The van der Waals surface area contributed by atoms with Gasteiger partial charge in [-0.05, 0) is 42.4 Å². The highest BCUT2D eigenvalue weighted by Gasteiger charge is 2.05. The maximum Gasteiger partial charge on any atom is 0.00872 e. The van der Waals surface area contributed by atoms with E-state index in [1.807, 2.05) is 11.8 Å². The van der Waals surface area contributed by atoms with E-state index in [2.05, 4.69) is 38.1 Å². The molecule has 0 aromatic heterocycles. The topological polar surface area (TPSA) is 26.0 Å². The Morgan fingerprint density at radius 3 is 2.73 bits per heavy atom. The summed E-state index contributed by atoms with van der Waals surface area (Å²) in [5.41, 5.74) is 8.85. The van der Waals surface area contributed by atoms with Crippen molar-refractivity contribution < 1.29 is 0 Å². The van der Waals surface area contributed by atoms with Crippen molar-refractivity contribution in [3.63, 3.8) is 0 Å². The zero-order chi connectivity index (χ0) is 11.1. The minimum absolute atomic E-state index is 0.310. The largest absolute Gasteiger partial charge is 0.327 e. The average molecular weight is 223 g/mol. The highest BCUT2D eigenvalue weighted by Crippen LogP contribution is 2.11. The predicted molar refractivity (Wildman–Crippen MR) is 70.5 cm³/mol. The minimum Gasteiger partial charge on any atom is -0.327 e. The van der Waals surface area contributed by atoms with Crippen LogP contribution < -0.4 is 5.73 Å². The Morgan fingerprint density at radius 1 is 1.33 bits per heavy atom. The van der Waals surface area contributed by atoms with Gasteiger partial charge in [0.2, 0.25) is 0 Å². The molecule has 1 aromatic carbocycles. The Kier molecular flexibility index (Phi) is 5.81. The van der Waals surface area contributed by atoms with Gasteiger partial charge in [0.15, 0.2) is 0 Å². The Morgan fingerprint density at radius 2 is 2.07 bits per heavy atom. The molecule has 1 atom stereocenters. The van der Waals surface area contributed by atoms with Crippen molar-refractivity contribution >= 4 is 11.8 Å². The molecule has 1 nitrogen and oxygen atoms in total. The van der Waals surface area contributed by atoms with Crippen molar-refractivity contribution in [2.24, 2.45) is 5.73 Å². The van der Waals surface area contributed by atoms with E-state index in [0.717, 1.165) is 12.8 Å². The van der Waals surface area contributed by atoms with Crippen molar-refractivity contribution in [1.29, 1.82) is 0 Å². The number of hydrogen-bond acceptors (Lipinski definition) is 2. The van der Waals surface area contributed by atoms with E-state index < -0.39 is 0 Å². The van der Waals surface area contributed by atoms with Gasteiger partial charge in [-0.2, -0.15) is 11.8 Å². The fraction of sp³-hybridized carbons (Fsp3) is 0.538. The summed E-state index contributed by atoms with van der Waals surface area (Å²) in [6.45, 7) is 4.35. The smallest absolute Gasteiger partial charge is 0.00872 e. The molecule has 0 amide bonds. The molecule has 0 aliphatic rings. The van der Waals surface area contributed by atoms with E-state index >= 15 is 0 Å². The van der Waals surface area contributed by atoms with E-state index in [1.54, 1.807) is 0 Å². The van der Waals surface area contributed by atoms with Gasteiger partial charge in [-0.1, -0.05) is 31.2 Å². The number of rotatable bonds is 6. The van der Waals surface area contributed by atoms with Crippen LogP contribution in [-0.4, -0.2) is 17.5 Å². The predicted octanol–water partition coefficient (Wildman–Crippen LogP) is 3.01. The van der Waals surface area contributed by atoms with Crippen molar-refractivity contribution in [3.8, 4) is 0 Å². The van der Waals surface area contributed by atoms with E-state index in [4.69, 9.17) is 5.73 Å². The molecule has 2 heteroatoms. The normalized spacial score (nSPS) is 12.7. The molecule has 1 rings (SSSR count). The molecule has 1 unspecified atom stereocenters. The summed E-state index contributed by atoms with van der Waals surface area (Å²) in [5, 5.41) is 0. The molecule has 2 N–H and O–H groups in total. The first-order valence-electron chi connectivity index (χ1n) is 5.62. The first-order chi connectivity index (χ1) is 7.24. The summed E-state index contributed by atoms with van der Waals surface area (Å²) >= 11 is 1.97. The first-order valence-corrected chi connectivity index (χ1v) is 6.77. The third kappa shape index (κ3) is 4.72. The number of thioether (sulfide) groups is 1. The molecule has 0 saturated heterocycles. The van der Waals surface area contributed by atoms with Crippen LogP contribution in [0.2, 0.25) is 0 Å². The van der Waals surface area contributed by atoms with Crippen molar-refractivity contribution in [2.45, 2.75) is 32.7 Å². The second-order valence-electron chi connectivity index (χ2n) is 3.88. The van der Waals surface area contributed by atoms with E-state index in [1.165, 1.54) is 22.6 Å². The van der Waals surface area contributed by atoms with Gasteiger partial charge < -0.3 is 5.73 Å². The molecule has 0 aliphatic heterocycles. The van der Waals surface area contributed by atoms with Crippen LogP contribution in [0.25, 0.3) is 0 Å². The Labute approximate surface area is 97.4 Å². The summed E-state index contributed by atoms with van der Waals surface area (Å²) in [4.78, 5) is 0. The van der Waals surface area contributed by atoms with Gasteiger partial charge in [0, 0.05) is 6.04 Å². The van der Waals surface area contributed by atoms with Gasteiger partial charge in [0.25, 0.3) is 0 Å². The molecule has 0 bridgehead atoms. The molecular weight excluding hydrogens is 202 g/mol. The second kappa shape index (κ2) is 6.91. The Balaban J connectivity index is 2.37. The Bertz CT molecular complexity index is 286. The highest BCUT2D eigenvalue weighted by atomic mass is 32.2. The molecule has 0 aliphatic carbocycles. The molecule has 0 fully saturated rings. The number of hydrogen-bond donors (Lipinski definition) is 1. The summed E-state index contributed by atoms with van der Waals surface area (Å²) < 4.78 is 0. The summed E-state index contributed by atoms with van der Waals surface area (Å²) in [6, 6.07) is 8.82. The fourth-order valence-corrected chi connectivity index (χ4v) is 2.36. The monoisotopic (exact) mass is 223 g/mol. The standard InChI is InChI=1S/C13H21NS/c1-3-15-9-8-13(14)10-12-7-5-4-6-11(12)2/h4-7,13H,3,8-10,14H2,1-2H3. The van der Waals surface area contributed by atoms with Crippen LogP contribution in [0.1, 0.15) is 24.5 Å². The van der Waals surface area contributed by atoms with Crippen LogP contribution in [0, 0.1) is 6.92 Å². The average Bonchev–Trinajstić information content (AvgIpc) is 2.22. The van der Waals surface area contributed by atoms with Crippen molar-refractivity contribution in [2.75, 3.05) is 11.5 Å². The van der Waals surface area contributed by atoms with Crippen LogP contribution in [0.15, 0.2) is 24.3 Å². The molecular formula is C13H21NS. The van der Waals surface area contributed by atoms with Gasteiger partial charge in [0.05, 0.1) is 0 Å². The summed E-state index contributed by atoms with van der Waals surface area (Å²) in [7, 11) is 0. The molecule has 15 heavy (non-hydrogen) atoms. The first kappa shape index (κ1) is 12.6. The van der Waals surface area contributed by atoms with Gasteiger partial charge in [-0.3, -0.25) is 0 Å². The minimum atomic E-state index is 0.310. The maximum absolute atomic E-state index is 6.10. The van der Waals surface area contributed by atoms with E-state index in [0.29, 0.717) is 6.04 Å². The second-order valence-corrected chi connectivity index (χ2v) is 5.27. The van der Waals surface area contributed by atoms with Crippen LogP contribution >= 0.6 is 11.8 Å². The van der Waals surface area contributed by atoms with Gasteiger partial charge in [0.1, 0.15) is 0 Å². The highest BCUT2D eigenvalue weighted by molar-refractivity contribution is 7.99. The number of nitrogens with two attached hydrogens (primary N) is 1. The lowest BCUT2D eigenvalue weighted by Gasteiger charge is -2.12. The molecule has 1 aromatic rings. The molecule has 0 saturated carbocycles. The quantitative estimate of drug-likeness (QED) is 0.750. The number of benzene rings is 1. The van der Waals surface area contributed by atoms with Crippen molar-refractivity contribution in [1.82, 2.24) is 0 Å². The summed E-state index contributed by atoms with van der Waals surface area (Å²) in [5.74, 6) is 2.38. The third-order valence-corrected chi connectivity index (χ3v) is 3.51. The van der Waals surface area contributed by atoms with Crippen LogP contribution in [0.3, 0.4) is 0 Å². The van der Waals surface area contributed by atoms with Gasteiger partial charge in [-0.15, -0.1) is 0 Å². The van der Waals surface area contributed by atoms with Crippen LogP contribution in [-0.2, 0) is 6.42 Å². The van der Waals surface area contributed by atoms with Crippen LogP contribution in [0.4, 0.5) is 0 Å². The summed E-state index contributed by atoms with van der Waals surface area (Å²) in [6.07, 6.45) is 2.13. The lowest BCUT2D eigenvalue weighted by Crippen LogP contribution is -2.23. The lowest BCUT2D eigenvalue weighted by molar-refractivity contribution is 0.650. The number of aryl methyl sites for hydroxylation is 1.